The van der Waals surface area contributed by atoms with Crippen LogP contribution in [0, 0.1) is 6.92 Å². The summed E-state index contributed by atoms with van der Waals surface area (Å²) in [6.07, 6.45) is 1.72. The molecule has 1 saturated heterocycles. The van der Waals surface area contributed by atoms with Crippen LogP contribution in [0.1, 0.15) is 21.6 Å². The van der Waals surface area contributed by atoms with Gasteiger partial charge in [-0.2, -0.15) is 0 Å². The largest absolute Gasteiger partial charge is 0.320 e. The standard InChI is InChI=1S/C19H24N4O/c1-15-18(7-4-8-20-15)21-19(24)17-6-3-5-16(13-17)14-23-11-9-22(2)10-12-23/h3-8,13H,9-12,14H2,1-2H3,(H,21,24). The first-order chi connectivity index (χ1) is 11.6. The monoisotopic (exact) mass is 324 g/mol. The average molecular weight is 324 g/mol. The second-order valence-electron chi connectivity index (χ2n) is 6.37. The minimum atomic E-state index is -0.0914. The fourth-order valence-electron chi connectivity index (χ4n) is 2.89. The molecule has 2 heterocycles. The number of nitrogens with zero attached hydrogens (tertiary/aromatic N) is 3. The minimum Gasteiger partial charge on any atom is -0.320 e. The number of benzene rings is 1. The Morgan fingerprint density at radius 1 is 1.17 bits per heavy atom. The fourth-order valence-corrected chi connectivity index (χ4v) is 2.89. The number of amides is 1. The second-order valence-corrected chi connectivity index (χ2v) is 6.37. The molecule has 0 saturated carbocycles. The van der Waals surface area contributed by atoms with Crippen LogP contribution < -0.4 is 5.32 Å². The van der Waals surface area contributed by atoms with E-state index in [1.807, 2.05) is 37.3 Å². The number of piperazine rings is 1. The average Bonchev–Trinajstić information content (AvgIpc) is 2.59. The number of nitrogens with one attached hydrogen (secondary N) is 1. The van der Waals surface area contributed by atoms with Crippen molar-refractivity contribution in [1.82, 2.24) is 14.8 Å². The molecule has 1 aliphatic rings. The van der Waals surface area contributed by atoms with Crippen molar-refractivity contribution in [3.8, 4) is 0 Å². The van der Waals surface area contributed by atoms with Gasteiger partial charge in [0, 0.05) is 44.5 Å². The van der Waals surface area contributed by atoms with Crippen molar-refractivity contribution >= 4 is 11.6 Å². The first-order valence-corrected chi connectivity index (χ1v) is 8.34. The quantitative estimate of drug-likeness (QED) is 0.938. The SMILES string of the molecule is Cc1ncccc1NC(=O)c1cccc(CN2CCN(C)CC2)c1. The van der Waals surface area contributed by atoms with Crippen LogP contribution in [0.4, 0.5) is 5.69 Å². The highest BCUT2D eigenvalue weighted by Crippen LogP contribution is 2.14. The van der Waals surface area contributed by atoms with Gasteiger partial charge < -0.3 is 10.2 Å². The number of aromatic nitrogens is 1. The van der Waals surface area contributed by atoms with Crippen LogP contribution in [0.5, 0.6) is 0 Å². The molecule has 0 bridgehead atoms. The molecule has 0 atom stereocenters. The van der Waals surface area contributed by atoms with Gasteiger partial charge >= 0.3 is 0 Å². The number of carbonyl (C=O) groups is 1. The molecule has 1 aromatic carbocycles. The van der Waals surface area contributed by atoms with Crippen molar-refractivity contribution in [3.05, 3.63) is 59.4 Å². The van der Waals surface area contributed by atoms with E-state index in [1.165, 1.54) is 5.56 Å². The van der Waals surface area contributed by atoms with Crippen molar-refractivity contribution in [1.29, 1.82) is 0 Å². The molecule has 1 amide bonds. The zero-order valence-corrected chi connectivity index (χ0v) is 14.3. The maximum Gasteiger partial charge on any atom is 0.255 e. The molecule has 1 fully saturated rings. The highest BCUT2D eigenvalue weighted by molar-refractivity contribution is 6.04. The van der Waals surface area contributed by atoms with Gasteiger partial charge in [0.25, 0.3) is 5.91 Å². The number of likely N-dealkylation sites (N-methyl/N-ethyl adjacent to an activating group) is 1. The number of carbonyl (C=O) groups excluding carboxylic acids is 1. The highest BCUT2D eigenvalue weighted by atomic mass is 16.1. The number of pyridine rings is 1. The normalized spacial score (nSPS) is 16.1. The lowest BCUT2D eigenvalue weighted by Gasteiger charge is -2.32. The summed E-state index contributed by atoms with van der Waals surface area (Å²) >= 11 is 0. The van der Waals surface area contributed by atoms with E-state index in [1.54, 1.807) is 6.20 Å². The van der Waals surface area contributed by atoms with Crippen LogP contribution in [-0.2, 0) is 6.54 Å². The lowest BCUT2D eigenvalue weighted by Crippen LogP contribution is -2.43. The highest BCUT2D eigenvalue weighted by Gasteiger charge is 2.15. The Labute approximate surface area is 143 Å². The third-order valence-electron chi connectivity index (χ3n) is 4.45. The first kappa shape index (κ1) is 16.6. The van der Waals surface area contributed by atoms with E-state index < -0.39 is 0 Å². The lowest BCUT2D eigenvalue weighted by molar-refractivity contribution is 0.102. The van der Waals surface area contributed by atoms with Crippen molar-refractivity contribution in [2.75, 3.05) is 38.5 Å². The molecule has 0 aliphatic carbocycles. The summed E-state index contributed by atoms with van der Waals surface area (Å²) in [5, 5.41) is 2.94. The Hall–Kier alpha value is -2.24. The Kier molecular flexibility index (Phi) is 5.23. The zero-order valence-electron chi connectivity index (χ0n) is 14.3. The first-order valence-electron chi connectivity index (χ1n) is 8.34. The third-order valence-corrected chi connectivity index (χ3v) is 4.45. The van der Waals surface area contributed by atoms with Crippen molar-refractivity contribution in [3.63, 3.8) is 0 Å². The van der Waals surface area contributed by atoms with E-state index in [-0.39, 0.29) is 5.91 Å². The van der Waals surface area contributed by atoms with E-state index in [0.717, 1.165) is 44.1 Å². The molecular weight excluding hydrogens is 300 g/mol. The number of rotatable bonds is 4. The van der Waals surface area contributed by atoms with E-state index >= 15 is 0 Å². The molecule has 3 rings (SSSR count). The molecule has 24 heavy (non-hydrogen) atoms. The van der Waals surface area contributed by atoms with Gasteiger partial charge in [0.15, 0.2) is 0 Å². The van der Waals surface area contributed by atoms with Crippen molar-refractivity contribution in [2.45, 2.75) is 13.5 Å². The summed E-state index contributed by atoms with van der Waals surface area (Å²) < 4.78 is 0. The predicted octanol–water partition coefficient (Wildman–Crippen LogP) is 2.39. The van der Waals surface area contributed by atoms with Gasteiger partial charge in [-0.25, -0.2) is 0 Å². The van der Waals surface area contributed by atoms with Crippen LogP contribution in [-0.4, -0.2) is 53.9 Å². The summed E-state index contributed by atoms with van der Waals surface area (Å²) in [6.45, 7) is 7.12. The molecule has 1 aromatic heterocycles. The molecule has 2 aromatic rings. The molecule has 0 radical (unpaired) electrons. The Balaban J connectivity index is 1.66. The molecule has 126 valence electrons. The Bertz CT molecular complexity index is 708. The van der Waals surface area contributed by atoms with Crippen LogP contribution >= 0.6 is 0 Å². The summed E-state index contributed by atoms with van der Waals surface area (Å²) in [6, 6.07) is 11.6. The summed E-state index contributed by atoms with van der Waals surface area (Å²) in [4.78, 5) is 21.5. The fraction of sp³-hybridized carbons (Fsp3) is 0.368. The molecule has 1 aliphatic heterocycles. The summed E-state index contributed by atoms with van der Waals surface area (Å²) in [5.74, 6) is -0.0914. The van der Waals surface area contributed by atoms with Gasteiger partial charge in [0.05, 0.1) is 11.4 Å². The molecule has 5 heteroatoms. The van der Waals surface area contributed by atoms with Crippen molar-refractivity contribution in [2.24, 2.45) is 0 Å². The van der Waals surface area contributed by atoms with Crippen LogP contribution in [0.2, 0.25) is 0 Å². The molecular formula is C19H24N4O. The number of aryl methyl sites for hydroxylation is 1. The van der Waals surface area contributed by atoms with Crippen LogP contribution in [0.25, 0.3) is 0 Å². The van der Waals surface area contributed by atoms with Gasteiger partial charge in [0.2, 0.25) is 0 Å². The second kappa shape index (κ2) is 7.55. The summed E-state index contributed by atoms with van der Waals surface area (Å²) in [5.41, 5.74) is 3.44. The summed E-state index contributed by atoms with van der Waals surface area (Å²) in [7, 11) is 2.16. The molecule has 5 nitrogen and oxygen atoms in total. The topological polar surface area (TPSA) is 48.5 Å². The number of hydrogen-bond donors (Lipinski definition) is 1. The lowest BCUT2D eigenvalue weighted by atomic mass is 10.1. The van der Waals surface area contributed by atoms with Crippen LogP contribution in [0.15, 0.2) is 42.6 Å². The Morgan fingerprint density at radius 2 is 1.96 bits per heavy atom. The zero-order chi connectivity index (χ0) is 16.9. The van der Waals surface area contributed by atoms with Crippen LogP contribution in [0.3, 0.4) is 0 Å². The van der Waals surface area contributed by atoms with Gasteiger partial charge in [-0.05, 0) is 43.8 Å². The van der Waals surface area contributed by atoms with Gasteiger partial charge in [-0.15, -0.1) is 0 Å². The van der Waals surface area contributed by atoms with E-state index in [0.29, 0.717) is 5.56 Å². The smallest absolute Gasteiger partial charge is 0.255 e. The van der Waals surface area contributed by atoms with Gasteiger partial charge in [-0.3, -0.25) is 14.7 Å². The Morgan fingerprint density at radius 3 is 2.71 bits per heavy atom. The molecule has 0 unspecified atom stereocenters. The molecule has 1 N–H and O–H groups in total. The van der Waals surface area contributed by atoms with E-state index in [4.69, 9.17) is 0 Å². The maximum atomic E-state index is 12.5. The van der Waals surface area contributed by atoms with Gasteiger partial charge in [0.1, 0.15) is 0 Å². The molecule has 0 spiro atoms. The number of hydrogen-bond acceptors (Lipinski definition) is 4. The third kappa shape index (κ3) is 4.19. The van der Waals surface area contributed by atoms with E-state index in [9.17, 15) is 4.79 Å². The van der Waals surface area contributed by atoms with Crippen molar-refractivity contribution < 1.29 is 4.79 Å². The predicted molar refractivity (Wildman–Crippen MR) is 96.1 cm³/mol. The number of anilines is 1. The van der Waals surface area contributed by atoms with E-state index in [2.05, 4.69) is 33.2 Å². The van der Waals surface area contributed by atoms with Gasteiger partial charge in [-0.1, -0.05) is 12.1 Å². The minimum absolute atomic E-state index is 0.0914. The maximum absolute atomic E-state index is 12.5.